The van der Waals surface area contributed by atoms with E-state index < -0.39 is 0 Å². The first-order chi connectivity index (χ1) is 17.9. The molecule has 8 rings (SSSR count). The molecule has 0 aliphatic heterocycles. The van der Waals surface area contributed by atoms with Crippen molar-refractivity contribution in [1.82, 2.24) is 29.1 Å². The van der Waals surface area contributed by atoms with Crippen molar-refractivity contribution in [3.8, 4) is 11.6 Å². The molecule has 0 amide bonds. The van der Waals surface area contributed by atoms with Crippen LogP contribution in [0, 0.1) is 0 Å². The van der Waals surface area contributed by atoms with Crippen molar-refractivity contribution in [3.05, 3.63) is 110 Å². The molecule has 6 heteroatoms. The molecule has 8 aromatic rings. The zero-order valence-electron chi connectivity index (χ0n) is 19.1. The van der Waals surface area contributed by atoms with Crippen LogP contribution in [0.5, 0.6) is 0 Å². The molecule has 0 atom stereocenters. The van der Waals surface area contributed by atoms with Crippen LogP contribution in [0.25, 0.3) is 66.3 Å². The van der Waals surface area contributed by atoms with Crippen molar-refractivity contribution in [2.75, 3.05) is 0 Å². The van der Waals surface area contributed by atoms with Crippen LogP contribution < -0.4 is 0 Å². The van der Waals surface area contributed by atoms with Crippen molar-refractivity contribution in [2.45, 2.75) is 0 Å². The predicted octanol–water partition coefficient (Wildman–Crippen LogP) is 6.61. The molecule has 0 aliphatic carbocycles. The minimum Gasteiger partial charge on any atom is -0.307 e. The van der Waals surface area contributed by atoms with Gasteiger partial charge in [0.15, 0.2) is 0 Å². The summed E-state index contributed by atoms with van der Waals surface area (Å²) in [6, 6.07) is 29.2. The summed E-state index contributed by atoms with van der Waals surface area (Å²) in [5.41, 5.74) is 7.08. The van der Waals surface area contributed by atoms with Gasteiger partial charge in [-0.05, 0) is 30.3 Å². The summed E-state index contributed by atoms with van der Waals surface area (Å²) < 4.78 is 4.50. The smallest absolute Gasteiger partial charge is 0.234 e. The summed E-state index contributed by atoms with van der Waals surface area (Å²) in [6.07, 6.45) is 7.12. The molecule has 0 saturated heterocycles. The summed E-state index contributed by atoms with van der Waals surface area (Å²) in [7, 11) is 0. The molecule has 6 nitrogen and oxygen atoms in total. The van der Waals surface area contributed by atoms with Crippen LogP contribution in [0.4, 0.5) is 0 Å². The van der Waals surface area contributed by atoms with Gasteiger partial charge in [-0.15, -0.1) is 0 Å². The zero-order valence-corrected chi connectivity index (χ0v) is 19.1. The number of hydrogen-bond acceptors (Lipinski definition) is 4. The van der Waals surface area contributed by atoms with Gasteiger partial charge in [-0.1, -0.05) is 54.6 Å². The highest BCUT2D eigenvalue weighted by Gasteiger charge is 2.25. The van der Waals surface area contributed by atoms with Gasteiger partial charge in [0.25, 0.3) is 0 Å². The Kier molecular flexibility index (Phi) is 3.85. The first-order valence-corrected chi connectivity index (χ1v) is 11.8. The van der Waals surface area contributed by atoms with Gasteiger partial charge < -0.3 is 4.57 Å². The fourth-order valence-corrected chi connectivity index (χ4v) is 5.57. The molecule has 0 saturated carbocycles. The molecule has 4 aromatic carbocycles. The summed E-state index contributed by atoms with van der Waals surface area (Å²) >= 11 is 0. The quantitative estimate of drug-likeness (QED) is 0.290. The van der Waals surface area contributed by atoms with Gasteiger partial charge >= 0.3 is 0 Å². The second kappa shape index (κ2) is 7.20. The number of rotatable bonds is 2. The lowest BCUT2D eigenvalue weighted by Gasteiger charge is -2.12. The Labute approximate surface area is 205 Å². The number of hydrogen-bond donors (Lipinski definition) is 0. The van der Waals surface area contributed by atoms with Crippen LogP contribution in [0.15, 0.2) is 110 Å². The van der Waals surface area contributed by atoms with Crippen LogP contribution in [-0.2, 0) is 0 Å². The fraction of sp³-hybridized carbons (Fsp3) is 0. The van der Waals surface area contributed by atoms with Gasteiger partial charge in [-0.2, -0.15) is 0 Å². The Hall–Kier alpha value is -5.10. The van der Waals surface area contributed by atoms with E-state index in [0.717, 1.165) is 60.3 Å². The minimum atomic E-state index is 0.623. The van der Waals surface area contributed by atoms with Crippen LogP contribution in [-0.4, -0.2) is 29.1 Å². The summed E-state index contributed by atoms with van der Waals surface area (Å²) in [6.45, 7) is 0. The maximum absolute atomic E-state index is 4.89. The summed E-state index contributed by atoms with van der Waals surface area (Å²) in [5.74, 6) is 0.623. The monoisotopic (exact) mass is 462 g/mol. The van der Waals surface area contributed by atoms with E-state index in [9.17, 15) is 0 Å². The zero-order chi connectivity index (χ0) is 23.6. The van der Waals surface area contributed by atoms with E-state index in [2.05, 4.69) is 91.9 Å². The SMILES string of the molecule is c1ccc(-n2c3ccccc3c3c4nccnc4c4c5ccccc5n(-c5ncccn5)c4c32)cc1. The first-order valence-electron chi connectivity index (χ1n) is 11.8. The topological polar surface area (TPSA) is 61.4 Å². The fourth-order valence-electron chi connectivity index (χ4n) is 5.57. The average molecular weight is 463 g/mol. The van der Waals surface area contributed by atoms with Crippen molar-refractivity contribution in [2.24, 2.45) is 0 Å². The van der Waals surface area contributed by atoms with Crippen molar-refractivity contribution in [3.63, 3.8) is 0 Å². The summed E-state index contributed by atoms with van der Waals surface area (Å²) in [4.78, 5) is 19.1. The third-order valence-corrected chi connectivity index (χ3v) is 6.91. The Balaban J connectivity index is 1.79. The van der Waals surface area contributed by atoms with Crippen molar-refractivity contribution >= 4 is 54.6 Å². The molecule has 0 spiro atoms. The predicted molar refractivity (Wildman–Crippen MR) is 144 cm³/mol. The van der Waals surface area contributed by atoms with Gasteiger partial charge in [0.05, 0.1) is 33.1 Å². The highest BCUT2D eigenvalue weighted by atomic mass is 15.2. The van der Waals surface area contributed by atoms with Gasteiger partial charge in [-0.3, -0.25) is 14.5 Å². The van der Waals surface area contributed by atoms with E-state index in [4.69, 9.17) is 9.97 Å². The van der Waals surface area contributed by atoms with Gasteiger partial charge in [0, 0.05) is 52.0 Å². The molecule has 0 aliphatic rings. The van der Waals surface area contributed by atoms with Crippen molar-refractivity contribution in [1.29, 1.82) is 0 Å². The first kappa shape index (κ1) is 19.2. The van der Waals surface area contributed by atoms with Crippen molar-refractivity contribution < 1.29 is 0 Å². The maximum Gasteiger partial charge on any atom is 0.234 e. The molecule has 0 radical (unpaired) electrons. The Morgan fingerprint density at radius 3 is 1.61 bits per heavy atom. The molecule has 36 heavy (non-hydrogen) atoms. The van der Waals surface area contributed by atoms with E-state index in [0.29, 0.717) is 5.95 Å². The molecule has 0 fully saturated rings. The average Bonchev–Trinajstić information content (AvgIpc) is 3.48. The highest BCUT2D eigenvalue weighted by molar-refractivity contribution is 6.34. The van der Waals surface area contributed by atoms with E-state index in [1.54, 1.807) is 24.8 Å². The lowest BCUT2D eigenvalue weighted by atomic mass is 10.1. The third kappa shape index (κ3) is 2.45. The number of para-hydroxylation sites is 3. The summed E-state index contributed by atoms with van der Waals surface area (Å²) in [5, 5.41) is 4.35. The maximum atomic E-state index is 4.89. The number of aromatic nitrogens is 6. The van der Waals surface area contributed by atoms with Crippen LogP contribution >= 0.6 is 0 Å². The van der Waals surface area contributed by atoms with E-state index in [1.165, 1.54) is 0 Å². The number of benzene rings is 4. The van der Waals surface area contributed by atoms with Crippen LogP contribution in [0.1, 0.15) is 0 Å². The van der Waals surface area contributed by atoms with E-state index in [1.807, 2.05) is 12.1 Å². The lowest BCUT2D eigenvalue weighted by molar-refractivity contribution is 0.988. The number of fused-ring (bicyclic) bond motifs is 10. The second-order valence-electron chi connectivity index (χ2n) is 8.79. The second-order valence-corrected chi connectivity index (χ2v) is 8.79. The van der Waals surface area contributed by atoms with E-state index >= 15 is 0 Å². The molecule has 4 aromatic heterocycles. The minimum absolute atomic E-state index is 0.623. The Bertz CT molecular complexity index is 1940. The van der Waals surface area contributed by atoms with E-state index in [-0.39, 0.29) is 0 Å². The van der Waals surface area contributed by atoms with Gasteiger partial charge in [-0.25, -0.2) is 9.97 Å². The standard InChI is InChI=1S/C30H18N6/c1-2-9-19(10-3-1)35-22-13-6-4-11-20(22)24-26-27(32-18-17-31-26)25-21-12-5-7-14-23(21)36(29(25)28(24)35)30-33-15-8-16-34-30/h1-18H. The van der Waals surface area contributed by atoms with Gasteiger partial charge in [0.1, 0.15) is 0 Å². The molecular formula is C30H18N6. The Morgan fingerprint density at radius 2 is 0.972 bits per heavy atom. The normalized spacial score (nSPS) is 11.9. The van der Waals surface area contributed by atoms with Gasteiger partial charge in [0.2, 0.25) is 5.95 Å². The molecule has 168 valence electrons. The molecule has 0 bridgehead atoms. The molecule has 4 heterocycles. The lowest BCUT2D eigenvalue weighted by Crippen LogP contribution is -2.02. The highest BCUT2D eigenvalue weighted by Crippen LogP contribution is 2.44. The largest absolute Gasteiger partial charge is 0.307 e. The molecule has 0 N–H and O–H groups in total. The molecular weight excluding hydrogens is 444 g/mol. The van der Waals surface area contributed by atoms with Crippen LogP contribution in [0.2, 0.25) is 0 Å². The van der Waals surface area contributed by atoms with Crippen LogP contribution in [0.3, 0.4) is 0 Å². The molecule has 0 unspecified atom stereocenters. The Morgan fingerprint density at radius 1 is 0.444 bits per heavy atom. The number of nitrogens with zero attached hydrogens (tertiary/aromatic N) is 6. The third-order valence-electron chi connectivity index (χ3n) is 6.91.